The molecule has 1 amide bonds. The number of likely N-dealkylation sites (tertiary alicyclic amines) is 1. The van der Waals surface area contributed by atoms with Crippen LogP contribution in [0.1, 0.15) is 65.4 Å². The molecule has 0 radical (unpaired) electrons. The van der Waals surface area contributed by atoms with E-state index in [2.05, 4.69) is 15.2 Å². The van der Waals surface area contributed by atoms with Gasteiger partial charge in [0, 0.05) is 45.0 Å². The fourth-order valence-corrected chi connectivity index (χ4v) is 3.72. The molecule has 0 N–H and O–H groups in total. The Morgan fingerprint density at radius 3 is 2.77 bits per heavy atom. The summed E-state index contributed by atoms with van der Waals surface area (Å²) in [7, 11) is 1.85. The molecule has 26 heavy (non-hydrogen) atoms. The summed E-state index contributed by atoms with van der Waals surface area (Å²) in [6, 6.07) is 1.84. The van der Waals surface area contributed by atoms with Gasteiger partial charge >= 0.3 is 0 Å². The molecule has 0 unspecified atom stereocenters. The van der Waals surface area contributed by atoms with Gasteiger partial charge in [0.15, 0.2) is 11.5 Å². The number of nitrogens with zero attached hydrogens (tertiary/aromatic N) is 5. The molecule has 0 bridgehead atoms. The van der Waals surface area contributed by atoms with Gasteiger partial charge in [-0.2, -0.15) is 10.1 Å². The fourth-order valence-electron chi connectivity index (χ4n) is 3.72. The number of carbonyl (C=O) groups excluding carboxylic acids is 1. The maximum absolute atomic E-state index is 12.8. The summed E-state index contributed by atoms with van der Waals surface area (Å²) >= 11 is 0. The summed E-state index contributed by atoms with van der Waals surface area (Å²) in [5.74, 6) is 1.83. The Hall–Kier alpha value is -2.22. The molecule has 140 valence electrons. The van der Waals surface area contributed by atoms with E-state index in [1.54, 1.807) is 4.68 Å². The van der Waals surface area contributed by atoms with Gasteiger partial charge < -0.3 is 14.2 Å². The molecule has 2 aromatic heterocycles. The van der Waals surface area contributed by atoms with Gasteiger partial charge in [-0.25, -0.2) is 0 Å². The van der Waals surface area contributed by atoms with E-state index >= 15 is 0 Å². The molecular weight excluding hydrogens is 334 g/mol. The van der Waals surface area contributed by atoms with E-state index in [0.29, 0.717) is 24.0 Å². The van der Waals surface area contributed by atoms with E-state index in [9.17, 15) is 4.79 Å². The number of aromatic nitrogens is 4. The Morgan fingerprint density at radius 2 is 2.04 bits per heavy atom. The van der Waals surface area contributed by atoms with Gasteiger partial charge in [-0.1, -0.05) is 5.16 Å². The van der Waals surface area contributed by atoms with Crippen molar-refractivity contribution in [2.75, 3.05) is 26.3 Å². The highest BCUT2D eigenvalue weighted by Crippen LogP contribution is 2.30. The maximum atomic E-state index is 12.8. The first kappa shape index (κ1) is 17.2. The van der Waals surface area contributed by atoms with Crippen molar-refractivity contribution < 1.29 is 14.1 Å². The highest BCUT2D eigenvalue weighted by atomic mass is 16.5. The largest absolute Gasteiger partial charge is 0.381 e. The minimum atomic E-state index is -0.0254. The van der Waals surface area contributed by atoms with Crippen molar-refractivity contribution in [3.63, 3.8) is 0 Å². The van der Waals surface area contributed by atoms with Crippen molar-refractivity contribution in [2.45, 2.75) is 44.4 Å². The Morgan fingerprint density at radius 1 is 1.23 bits per heavy atom. The van der Waals surface area contributed by atoms with Crippen molar-refractivity contribution in [3.8, 4) is 0 Å². The Bertz CT molecular complexity index is 758. The molecule has 2 aliphatic rings. The fraction of sp³-hybridized carbons (Fsp3) is 0.667. The van der Waals surface area contributed by atoms with Crippen molar-refractivity contribution in [2.24, 2.45) is 7.05 Å². The standard InChI is InChI=1S/C18H25N5O3/c1-12-10-15(20-22(12)2)18(24)23-7-3-4-14(11-23)17-19-16(21-26-17)13-5-8-25-9-6-13/h10,13-14H,3-9,11H2,1-2H3/t14-/m0/s1. The number of carbonyl (C=O) groups is 1. The van der Waals surface area contributed by atoms with Crippen molar-refractivity contribution in [1.82, 2.24) is 24.8 Å². The van der Waals surface area contributed by atoms with E-state index in [4.69, 9.17) is 9.26 Å². The van der Waals surface area contributed by atoms with Gasteiger partial charge in [-0.3, -0.25) is 9.48 Å². The first-order valence-electron chi connectivity index (χ1n) is 9.33. The smallest absolute Gasteiger partial charge is 0.274 e. The highest BCUT2D eigenvalue weighted by Gasteiger charge is 2.31. The number of amides is 1. The quantitative estimate of drug-likeness (QED) is 0.833. The zero-order valence-electron chi connectivity index (χ0n) is 15.3. The van der Waals surface area contributed by atoms with Gasteiger partial charge in [0.25, 0.3) is 5.91 Å². The molecule has 0 spiro atoms. The molecule has 0 aromatic carbocycles. The first-order chi connectivity index (χ1) is 12.6. The van der Waals surface area contributed by atoms with Crippen molar-refractivity contribution >= 4 is 5.91 Å². The van der Waals surface area contributed by atoms with Crippen LogP contribution in [0, 0.1) is 6.92 Å². The second-order valence-corrected chi connectivity index (χ2v) is 7.26. The van der Waals surface area contributed by atoms with E-state index in [-0.39, 0.29) is 11.8 Å². The lowest BCUT2D eigenvalue weighted by Crippen LogP contribution is -2.39. The second kappa shape index (κ2) is 7.19. The van der Waals surface area contributed by atoms with Crippen LogP contribution in [0.2, 0.25) is 0 Å². The van der Waals surface area contributed by atoms with Gasteiger partial charge in [0.1, 0.15) is 0 Å². The van der Waals surface area contributed by atoms with Crippen LogP contribution in [0.4, 0.5) is 0 Å². The SMILES string of the molecule is Cc1cc(C(=O)N2CCC[C@H](c3nc(C4CCOCC4)no3)C2)nn1C. The summed E-state index contributed by atoms with van der Waals surface area (Å²) in [5, 5.41) is 8.51. The average molecular weight is 359 g/mol. The Balaban J connectivity index is 1.45. The van der Waals surface area contributed by atoms with E-state index in [1.807, 2.05) is 24.9 Å². The van der Waals surface area contributed by atoms with Crippen LogP contribution in [0.3, 0.4) is 0 Å². The monoisotopic (exact) mass is 359 g/mol. The summed E-state index contributed by atoms with van der Waals surface area (Å²) in [4.78, 5) is 19.3. The third-order valence-electron chi connectivity index (χ3n) is 5.43. The molecule has 0 aliphatic carbocycles. The molecule has 2 fully saturated rings. The van der Waals surface area contributed by atoms with Crippen LogP contribution in [0.15, 0.2) is 10.6 Å². The summed E-state index contributed by atoms with van der Waals surface area (Å²) in [5.41, 5.74) is 1.47. The lowest BCUT2D eigenvalue weighted by molar-refractivity contribution is 0.0689. The van der Waals surface area contributed by atoms with Gasteiger partial charge in [0.05, 0.1) is 5.92 Å². The second-order valence-electron chi connectivity index (χ2n) is 7.26. The van der Waals surface area contributed by atoms with Crippen LogP contribution in [-0.4, -0.2) is 57.0 Å². The number of rotatable bonds is 3. The average Bonchev–Trinajstić information content (AvgIpc) is 3.29. The maximum Gasteiger partial charge on any atom is 0.274 e. The van der Waals surface area contributed by atoms with Crippen LogP contribution in [-0.2, 0) is 11.8 Å². The molecule has 8 nitrogen and oxygen atoms in total. The number of piperidine rings is 1. The van der Waals surface area contributed by atoms with Crippen molar-refractivity contribution in [3.05, 3.63) is 29.2 Å². The predicted octanol–water partition coefficient (Wildman–Crippen LogP) is 2.03. The molecule has 1 atom stereocenters. The van der Waals surface area contributed by atoms with E-state index in [0.717, 1.165) is 57.0 Å². The Labute approximate surface area is 152 Å². The lowest BCUT2D eigenvalue weighted by atomic mass is 9.97. The third kappa shape index (κ3) is 3.38. The minimum Gasteiger partial charge on any atom is -0.381 e. The van der Waals surface area contributed by atoms with Crippen molar-refractivity contribution in [1.29, 1.82) is 0 Å². The van der Waals surface area contributed by atoms with Crippen LogP contribution in [0.5, 0.6) is 0 Å². The number of aryl methyl sites for hydroxylation is 2. The topological polar surface area (TPSA) is 86.3 Å². The summed E-state index contributed by atoms with van der Waals surface area (Å²) in [6.45, 7) is 4.79. The normalized spacial score (nSPS) is 21.9. The predicted molar refractivity (Wildman–Crippen MR) is 92.9 cm³/mol. The molecule has 8 heteroatoms. The molecular formula is C18H25N5O3. The third-order valence-corrected chi connectivity index (χ3v) is 5.43. The van der Waals surface area contributed by atoms with E-state index in [1.165, 1.54) is 0 Å². The van der Waals surface area contributed by atoms with E-state index < -0.39 is 0 Å². The lowest BCUT2D eigenvalue weighted by Gasteiger charge is -2.30. The molecule has 2 aliphatic heterocycles. The van der Waals surface area contributed by atoms with Gasteiger partial charge in [-0.15, -0.1) is 0 Å². The van der Waals surface area contributed by atoms with Crippen LogP contribution in [0.25, 0.3) is 0 Å². The summed E-state index contributed by atoms with van der Waals surface area (Å²) in [6.07, 6.45) is 3.76. The van der Waals surface area contributed by atoms with Gasteiger partial charge in [-0.05, 0) is 38.7 Å². The summed E-state index contributed by atoms with van der Waals surface area (Å²) < 4.78 is 12.7. The molecule has 0 saturated carbocycles. The number of ether oxygens (including phenoxy) is 1. The molecule has 2 saturated heterocycles. The zero-order valence-corrected chi connectivity index (χ0v) is 15.3. The molecule has 4 heterocycles. The van der Waals surface area contributed by atoms with Crippen LogP contribution < -0.4 is 0 Å². The number of hydrogen-bond acceptors (Lipinski definition) is 6. The van der Waals surface area contributed by atoms with Crippen LogP contribution >= 0.6 is 0 Å². The number of hydrogen-bond donors (Lipinski definition) is 0. The minimum absolute atomic E-state index is 0.0254. The molecule has 4 rings (SSSR count). The van der Waals surface area contributed by atoms with Gasteiger partial charge in [0.2, 0.25) is 5.89 Å². The first-order valence-corrected chi connectivity index (χ1v) is 9.33. The Kier molecular flexibility index (Phi) is 4.76. The zero-order chi connectivity index (χ0) is 18.1. The molecule has 2 aromatic rings. The highest BCUT2D eigenvalue weighted by molar-refractivity contribution is 5.92.